The molecule has 0 spiro atoms. The zero-order chi connectivity index (χ0) is 15.4. The van der Waals surface area contributed by atoms with Crippen LogP contribution in [0.25, 0.3) is 0 Å². The first-order valence-corrected chi connectivity index (χ1v) is 8.07. The number of rotatable bonds is 7. The van der Waals surface area contributed by atoms with Crippen LogP contribution in [0, 0.1) is 6.92 Å². The maximum Gasteiger partial charge on any atom is 0.244 e. The number of benzene rings is 1. The number of methoxy groups -OCH3 is 1. The Morgan fingerprint density at radius 1 is 1.40 bits per heavy atom. The molecule has 0 saturated heterocycles. The van der Waals surface area contributed by atoms with Gasteiger partial charge in [0.25, 0.3) is 0 Å². The van der Waals surface area contributed by atoms with Crippen molar-refractivity contribution in [3.63, 3.8) is 0 Å². The van der Waals surface area contributed by atoms with Gasteiger partial charge in [0.2, 0.25) is 10.0 Å². The van der Waals surface area contributed by atoms with Crippen molar-refractivity contribution in [2.45, 2.75) is 44.1 Å². The number of aliphatic hydroxyl groups is 1. The molecule has 0 aliphatic carbocycles. The molecule has 0 saturated carbocycles. The maximum absolute atomic E-state index is 12.3. The molecule has 0 aliphatic heterocycles. The molecular formula is C14H23NO4S. The predicted molar refractivity (Wildman–Crippen MR) is 78.5 cm³/mol. The lowest BCUT2D eigenvalue weighted by Crippen LogP contribution is -2.40. The largest absolute Gasteiger partial charge is 0.495 e. The number of sulfonamides is 1. The molecule has 2 N–H and O–H groups in total. The summed E-state index contributed by atoms with van der Waals surface area (Å²) in [5.41, 5.74) is -0.231. The van der Waals surface area contributed by atoms with Gasteiger partial charge >= 0.3 is 0 Å². The van der Waals surface area contributed by atoms with Crippen LogP contribution in [0.2, 0.25) is 0 Å². The zero-order valence-corrected chi connectivity index (χ0v) is 13.3. The molecule has 1 aromatic rings. The summed E-state index contributed by atoms with van der Waals surface area (Å²) in [6, 6.07) is 4.95. The van der Waals surface area contributed by atoms with E-state index in [4.69, 9.17) is 4.74 Å². The van der Waals surface area contributed by atoms with E-state index >= 15 is 0 Å². The van der Waals surface area contributed by atoms with Gasteiger partial charge in [0.15, 0.2) is 0 Å². The van der Waals surface area contributed by atoms with E-state index in [9.17, 15) is 13.5 Å². The Hall–Kier alpha value is -1.11. The van der Waals surface area contributed by atoms with E-state index in [1.807, 2.05) is 13.8 Å². The average Bonchev–Trinajstić information content (AvgIpc) is 2.37. The third-order valence-electron chi connectivity index (χ3n) is 3.04. The van der Waals surface area contributed by atoms with Crippen LogP contribution in [-0.2, 0) is 10.0 Å². The number of nitrogens with one attached hydrogen (secondary N) is 1. The first-order valence-electron chi connectivity index (χ1n) is 6.58. The highest BCUT2D eigenvalue weighted by atomic mass is 32.2. The van der Waals surface area contributed by atoms with E-state index < -0.39 is 15.6 Å². The first kappa shape index (κ1) is 16.9. The van der Waals surface area contributed by atoms with Crippen molar-refractivity contribution in [2.75, 3.05) is 13.7 Å². The number of ether oxygens (including phenoxy) is 1. The second-order valence-electron chi connectivity index (χ2n) is 5.23. The molecular weight excluding hydrogens is 278 g/mol. The van der Waals surface area contributed by atoms with Gasteiger partial charge in [0, 0.05) is 6.54 Å². The standard InChI is InChI=1S/C14H23NO4S/c1-5-8-14(3,16)10-15-20(17,18)13-9-11(2)6-7-12(13)19-4/h6-7,9,15-16H,5,8,10H2,1-4H3. The highest BCUT2D eigenvalue weighted by molar-refractivity contribution is 7.89. The molecule has 1 unspecified atom stereocenters. The third-order valence-corrected chi connectivity index (χ3v) is 4.46. The van der Waals surface area contributed by atoms with Crippen LogP contribution in [0.5, 0.6) is 5.75 Å². The Morgan fingerprint density at radius 3 is 2.60 bits per heavy atom. The van der Waals surface area contributed by atoms with Gasteiger partial charge in [-0.15, -0.1) is 0 Å². The molecule has 1 atom stereocenters. The van der Waals surface area contributed by atoms with E-state index in [-0.39, 0.29) is 11.4 Å². The molecule has 114 valence electrons. The predicted octanol–water partition coefficient (Wildman–Crippen LogP) is 1.83. The normalized spacial score (nSPS) is 14.8. The van der Waals surface area contributed by atoms with Crippen molar-refractivity contribution in [3.8, 4) is 5.75 Å². The van der Waals surface area contributed by atoms with Gasteiger partial charge in [-0.1, -0.05) is 19.4 Å². The van der Waals surface area contributed by atoms with E-state index in [1.165, 1.54) is 7.11 Å². The molecule has 0 heterocycles. The minimum Gasteiger partial charge on any atom is -0.495 e. The Balaban J connectivity index is 2.97. The minimum atomic E-state index is -3.71. The quantitative estimate of drug-likeness (QED) is 0.805. The second kappa shape index (κ2) is 6.56. The van der Waals surface area contributed by atoms with E-state index in [0.717, 1.165) is 12.0 Å². The summed E-state index contributed by atoms with van der Waals surface area (Å²) in [6.45, 7) is 5.34. The van der Waals surface area contributed by atoms with Crippen molar-refractivity contribution in [2.24, 2.45) is 0 Å². The third kappa shape index (κ3) is 4.47. The highest BCUT2D eigenvalue weighted by Crippen LogP contribution is 2.24. The Labute approximate surface area is 121 Å². The summed E-state index contributed by atoms with van der Waals surface area (Å²) >= 11 is 0. The summed E-state index contributed by atoms with van der Waals surface area (Å²) in [7, 11) is -2.28. The Kier molecular flexibility index (Phi) is 5.56. The molecule has 0 fully saturated rings. The lowest BCUT2D eigenvalue weighted by molar-refractivity contribution is 0.0554. The van der Waals surface area contributed by atoms with E-state index in [2.05, 4.69) is 4.72 Å². The topological polar surface area (TPSA) is 75.6 Å². The van der Waals surface area contributed by atoms with Crippen LogP contribution in [-0.4, -0.2) is 32.8 Å². The van der Waals surface area contributed by atoms with Crippen LogP contribution < -0.4 is 9.46 Å². The fourth-order valence-electron chi connectivity index (χ4n) is 1.95. The molecule has 0 aromatic heterocycles. The summed E-state index contributed by atoms with van der Waals surface area (Å²) in [5, 5.41) is 10.0. The van der Waals surface area contributed by atoms with E-state index in [0.29, 0.717) is 12.2 Å². The van der Waals surface area contributed by atoms with Gasteiger partial charge in [0.05, 0.1) is 12.7 Å². The van der Waals surface area contributed by atoms with Crippen LogP contribution in [0.15, 0.2) is 23.1 Å². The van der Waals surface area contributed by atoms with Crippen LogP contribution in [0.4, 0.5) is 0 Å². The number of hydrogen-bond donors (Lipinski definition) is 2. The number of aryl methyl sites for hydroxylation is 1. The fraction of sp³-hybridized carbons (Fsp3) is 0.571. The van der Waals surface area contributed by atoms with Crippen LogP contribution in [0.3, 0.4) is 0 Å². The molecule has 0 bridgehead atoms. The van der Waals surface area contributed by atoms with Crippen molar-refractivity contribution < 1.29 is 18.3 Å². The van der Waals surface area contributed by atoms with Gasteiger partial charge in [-0.25, -0.2) is 13.1 Å². The zero-order valence-electron chi connectivity index (χ0n) is 12.4. The minimum absolute atomic E-state index is 0.0275. The smallest absolute Gasteiger partial charge is 0.244 e. The van der Waals surface area contributed by atoms with Gasteiger partial charge in [-0.05, 0) is 38.0 Å². The molecule has 20 heavy (non-hydrogen) atoms. The average molecular weight is 301 g/mol. The van der Waals surface area contributed by atoms with Gasteiger partial charge < -0.3 is 9.84 Å². The molecule has 5 nitrogen and oxygen atoms in total. The summed E-state index contributed by atoms with van der Waals surface area (Å²) in [5.74, 6) is 0.290. The molecule has 0 radical (unpaired) electrons. The maximum atomic E-state index is 12.3. The molecule has 0 aliphatic rings. The molecule has 1 aromatic carbocycles. The van der Waals surface area contributed by atoms with Crippen LogP contribution >= 0.6 is 0 Å². The monoisotopic (exact) mass is 301 g/mol. The molecule has 1 rings (SSSR count). The SMILES string of the molecule is CCCC(C)(O)CNS(=O)(=O)c1cc(C)ccc1OC. The highest BCUT2D eigenvalue weighted by Gasteiger charge is 2.25. The lowest BCUT2D eigenvalue weighted by atomic mass is 10.0. The van der Waals surface area contributed by atoms with Crippen molar-refractivity contribution >= 4 is 10.0 Å². The summed E-state index contributed by atoms with van der Waals surface area (Å²) in [6.07, 6.45) is 1.31. The summed E-state index contributed by atoms with van der Waals surface area (Å²) in [4.78, 5) is 0.0901. The van der Waals surface area contributed by atoms with Crippen molar-refractivity contribution in [1.29, 1.82) is 0 Å². The fourth-order valence-corrected chi connectivity index (χ4v) is 3.36. The molecule has 0 amide bonds. The lowest BCUT2D eigenvalue weighted by Gasteiger charge is -2.23. The van der Waals surface area contributed by atoms with Gasteiger partial charge in [-0.3, -0.25) is 0 Å². The second-order valence-corrected chi connectivity index (χ2v) is 6.96. The Bertz CT molecular complexity index is 552. The van der Waals surface area contributed by atoms with Crippen molar-refractivity contribution in [3.05, 3.63) is 23.8 Å². The number of hydrogen-bond acceptors (Lipinski definition) is 4. The first-order chi connectivity index (χ1) is 9.22. The Morgan fingerprint density at radius 2 is 2.05 bits per heavy atom. The molecule has 6 heteroatoms. The van der Waals surface area contributed by atoms with Crippen molar-refractivity contribution in [1.82, 2.24) is 4.72 Å². The van der Waals surface area contributed by atoms with Gasteiger partial charge in [0.1, 0.15) is 10.6 Å². The van der Waals surface area contributed by atoms with Gasteiger partial charge in [-0.2, -0.15) is 0 Å². The van der Waals surface area contributed by atoms with Crippen LogP contribution in [0.1, 0.15) is 32.3 Å². The van der Waals surface area contributed by atoms with E-state index in [1.54, 1.807) is 25.1 Å². The summed E-state index contributed by atoms with van der Waals surface area (Å²) < 4.78 is 32.2.